The van der Waals surface area contributed by atoms with Gasteiger partial charge in [-0.15, -0.1) is 0 Å². The summed E-state index contributed by atoms with van der Waals surface area (Å²) in [6.07, 6.45) is 5.73. The van der Waals surface area contributed by atoms with E-state index in [1.165, 1.54) is 0 Å². The predicted octanol–water partition coefficient (Wildman–Crippen LogP) is 1.61. The molecule has 0 aliphatic rings. The third-order valence-electron chi connectivity index (χ3n) is 2.53. The van der Waals surface area contributed by atoms with Crippen LogP contribution in [0.15, 0.2) is 35.2 Å². The minimum Gasteiger partial charge on any atom is -0.467 e. The van der Waals surface area contributed by atoms with Gasteiger partial charge in [-0.1, -0.05) is 0 Å². The molecule has 1 atom stereocenters. The summed E-state index contributed by atoms with van der Waals surface area (Å²) in [4.78, 5) is 4.31. The van der Waals surface area contributed by atoms with E-state index in [0.717, 1.165) is 11.6 Å². The largest absolute Gasteiger partial charge is 0.467 e. The minimum absolute atomic E-state index is 0.113. The van der Waals surface area contributed by atoms with E-state index in [2.05, 4.69) is 16.4 Å². The number of nitrogens with one attached hydrogen (secondary N) is 1. The van der Waals surface area contributed by atoms with Crippen LogP contribution >= 0.6 is 0 Å². The topological polar surface area (TPSA) is 66.8 Å². The Labute approximate surface area is 99.7 Å². The van der Waals surface area contributed by atoms with Crippen molar-refractivity contribution in [2.24, 2.45) is 7.05 Å². The van der Waals surface area contributed by atoms with Crippen LogP contribution in [0.3, 0.4) is 0 Å². The monoisotopic (exact) mass is 230 g/mol. The first-order valence-electron chi connectivity index (χ1n) is 5.44. The van der Waals surface area contributed by atoms with Gasteiger partial charge in [0.15, 0.2) is 0 Å². The number of nitrogens with zero attached hydrogens (tertiary/aromatic N) is 3. The summed E-state index contributed by atoms with van der Waals surface area (Å²) in [7, 11) is 1.93. The molecule has 0 aliphatic heterocycles. The Kier molecular flexibility index (Phi) is 3.58. The van der Waals surface area contributed by atoms with Gasteiger partial charge in [0.25, 0.3) is 0 Å². The summed E-state index contributed by atoms with van der Waals surface area (Å²) >= 11 is 0. The van der Waals surface area contributed by atoms with Crippen LogP contribution in [-0.4, -0.2) is 16.1 Å². The summed E-state index contributed by atoms with van der Waals surface area (Å²) in [5.74, 6) is 1.68. The smallest absolute Gasteiger partial charge is 0.133 e. The quantitative estimate of drug-likeness (QED) is 0.792. The molecule has 1 unspecified atom stereocenters. The molecule has 0 aromatic carbocycles. The molecule has 2 aromatic heterocycles. The van der Waals surface area contributed by atoms with Crippen LogP contribution in [0.1, 0.15) is 24.0 Å². The van der Waals surface area contributed by atoms with E-state index < -0.39 is 0 Å². The fourth-order valence-electron chi connectivity index (χ4n) is 1.70. The van der Waals surface area contributed by atoms with Crippen molar-refractivity contribution in [1.29, 1.82) is 5.26 Å². The van der Waals surface area contributed by atoms with Crippen molar-refractivity contribution in [3.63, 3.8) is 0 Å². The Morgan fingerprint density at radius 2 is 2.53 bits per heavy atom. The van der Waals surface area contributed by atoms with Crippen LogP contribution in [0.4, 0.5) is 0 Å². The summed E-state index contributed by atoms with van der Waals surface area (Å²) in [5, 5.41) is 11.8. The van der Waals surface area contributed by atoms with Crippen LogP contribution in [0.25, 0.3) is 0 Å². The van der Waals surface area contributed by atoms with Gasteiger partial charge in [0.1, 0.15) is 17.6 Å². The van der Waals surface area contributed by atoms with Crippen molar-refractivity contribution in [2.75, 3.05) is 6.54 Å². The molecule has 0 aliphatic carbocycles. The lowest BCUT2D eigenvalue weighted by Crippen LogP contribution is -2.25. The minimum atomic E-state index is -0.113. The van der Waals surface area contributed by atoms with Crippen LogP contribution in [-0.2, 0) is 7.05 Å². The fourth-order valence-corrected chi connectivity index (χ4v) is 1.70. The van der Waals surface area contributed by atoms with Crippen LogP contribution in [0.5, 0.6) is 0 Å². The fraction of sp³-hybridized carbons (Fsp3) is 0.333. The highest BCUT2D eigenvalue weighted by Gasteiger charge is 2.19. The molecule has 88 valence electrons. The molecule has 2 heterocycles. The first kappa shape index (κ1) is 11.4. The zero-order chi connectivity index (χ0) is 12.1. The standard InChI is InChI=1S/C12H14N4O/c1-16-8-7-15-12(16)11(14-6-3-5-13)10-4-2-9-17-10/h2,4,7-9,11,14H,3,6H2,1H3. The summed E-state index contributed by atoms with van der Waals surface area (Å²) in [6.45, 7) is 0.606. The lowest BCUT2D eigenvalue weighted by molar-refractivity contribution is 0.433. The molecule has 2 rings (SSSR count). The lowest BCUT2D eigenvalue weighted by Gasteiger charge is -2.15. The summed E-state index contributed by atoms with van der Waals surface area (Å²) in [5.41, 5.74) is 0. The molecule has 0 amide bonds. The Bertz CT molecular complexity index is 495. The zero-order valence-electron chi connectivity index (χ0n) is 9.63. The number of furan rings is 1. The van der Waals surface area contributed by atoms with E-state index in [4.69, 9.17) is 9.68 Å². The van der Waals surface area contributed by atoms with E-state index in [1.807, 2.05) is 29.9 Å². The number of aromatic nitrogens is 2. The Hall–Kier alpha value is -2.06. The average molecular weight is 230 g/mol. The van der Waals surface area contributed by atoms with Crippen molar-refractivity contribution in [1.82, 2.24) is 14.9 Å². The van der Waals surface area contributed by atoms with Crippen molar-refractivity contribution in [3.05, 3.63) is 42.4 Å². The Morgan fingerprint density at radius 3 is 3.12 bits per heavy atom. The van der Waals surface area contributed by atoms with E-state index in [1.54, 1.807) is 12.5 Å². The Morgan fingerprint density at radius 1 is 1.65 bits per heavy atom. The third kappa shape index (κ3) is 2.55. The molecule has 5 heteroatoms. The maximum Gasteiger partial charge on any atom is 0.133 e. The third-order valence-corrected chi connectivity index (χ3v) is 2.53. The Balaban J connectivity index is 2.20. The van der Waals surface area contributed by atoms with E-state index >= 15 is 0 Å². The van der Waals surface area contributed by atoms with Gasteiger partial charge in [-0.2, -0.15) is 5.26 Å². The molecule has 1 N–H and O–H groups in total. The van der Waals surface area contributed by atoms with Crippen molar-refractivity contribution < 1.29 is 4.42 Å². The van der Waals surface area contributed by atoms with Crippen LogP contribution < -0.4 is 5.32 Å². The molecule has 0 radical (unpaired) electrons. The second kappa shape index (κ2) is 5.32. The maximum atomic E-state index is 8.56. The van der Waals surface area contributed by atoms with Crippen molar-refractivity contribution in [3.8, 4) is 6.07 Å². The second-order valence-corrected chi connectivity index (χ2v) is 3.71. The van der Waals surface area contributed by atoms with Crippen LogP contribution in [0.2, 0.25) is 0 Å². The highest BCUT2D eigenvalue weighted by atomic mass is 16.3. The average Bonchev–Trinajstić information content (AvgIpc) is 2.96. The van der Waals surface area contributed by atoms with E-state index in [0.29, 0.717) is 13.0 Å². The SMILES string of the molecule is Cn1ccnc1C(NCCC#N)c1ccco1. The first-order chi connectivity index (χ1) is 8.33. The first-order valence-corrected chi connectivity index (χ1v) is 5.44. The molecule has 0 spiro atoms. The number of aryl methyl sites for hydroxylation is 1. The molecule has 17 heavy (non-hydrogen) atoms. The number of rotatable bonds is 5. The predicted molar refractivity (Wildman–Crippen MR) is 62.0 cm³/mol. The number of nitriles is 1. The van der Waals surface area contributed by atoms with Crippen molar-refractivity contribution >= 4 is 0 Å². The molecule has 5 nitrogen and oxygen atoms in total. The number of hydrogen-bond donors (Lipinski definition) is 1. The van der Waals surface area contributed by atoms with Gasteiger partial charge >= 0.3 is 0 Å². The maximum absolute atomic E-state index is 8.56. The highest BCUT2D eigenvalue weighted by molar-refractivity contribution is 5.15. The molecular weight excluding hydrogens is 216 g/mol. The second-order valence-electron chi connectivity index (χ2n) is 3.71. The normalized spacial score (nSPS) is 12.2. The molecule has 0 bridgehead atoms. The van der Waals surface area contributed by atoms with Gasteiger partial charge in [-0.25, -0.2) is 4.98 Å². The lowest BCUT2D eigenvalue weighted by atomic mass is 10.2. The number of imidazole rings is 1. The van der Waals surface area contributed by atoms with Crippen LogP contribution in [0, 0.1) is 11.3 Å². The zero-order valence-corrected chi connectivity index (χ0v) is 9.63. The molecule has 0 saturated heterocycles. The van der Waals surface area contributed by atoms with E-state index in [-0.39, 0.29) is 6.04 Å². The molecular formula is C12H14N4O. The van der Waals surface area contributed by atoms with Gasteiger partial charge in [0.2, 0.25) is 0 Å². The molecule has 0 fully saturated rings. The van der Waals surface area contributed by atoms with Crippen molar-refractivity contribution in [2.45, 2.75) is 12.5 Å². The number of hydrogen-bond acceptors (Lipinski definition) is 4. The molecule has 0 saturated carbocycles. The van der Waals surface area contributed by atoms with Gasteiger partial charge in [-0.05, 0) is 12.1 Å². The van der Waals surface area contributed by atoms with Gasteiger partial charge in [0, 0.05) is 32.4 Å². The van der Waals surface area contributed by atoms with Gasteiger partial charge in [0.05, 0.1) is 12.3 Å². The van der Waals surface area contributed by atoms with Gasteiger partial charge in [-0.3, -0.25) is 0 Å². The highest BCUT2D eigenvalue weighted by Crippen LogP contribution is 2.20. The molecule has 2 aromatic rings. The van der Waals surface area contributed by atoms with Gasteiger partial charge < -0.3 is 14.3 Å². The summed E-state index contributed by atoms with van der Waals surface area (Å²) < 4.78 is 7.34. The van der Waals surface area contributed by atoms with E-state index in [9.17, 15) is 0 Å². The summed E-state index contributed by atoms with van der Waals surface area (Å²) in [6, 6.07) is 5.74.